The molecule has 0 radical (unpaired) electrons. The molecule has 102 valence electrons. The van der Waals surface area contributed by atoms with Gasteiger partial charge in [-0.3, -0.25) is 9.59 Å². The van der Waals surface area contributed by atoms with Crippen LogP contribution in [-0.2, 0) is 14.3 Å². The van der Waals surface area contributed by atoms with Crippen LogP contribution in [0.15, 0.2) is 12.8 Å². The third-order valence-corrected chi connectivity index (χ3v) is 2.20. The second-order valence-corrected chi connectivity index (χ2v) is 4.07. The Morgan fingerprint density at radius 3 is 2.17 bits per heavy atom. The third kappa shape index (κ3) is 5.33. The highest BCUT2D eigenvalue weighted by molar-refractivity contribution is 5.90. The van der Waals surface area contributed by atoms with Crippen LogP contribution >= 0.6 is 0 Å². The first-order valence-electron chi connectivity index (χ1n) is 5.47. The Labute approximate surface area is 106 Å². The quantitative estimate of drug-likeness (QED) is 0.575. The zero-order valence-electron chi connectivity index (χ0n) is 10.7. The summed E-state index contributed by atoms with van der Waals surface area (Å²) < 4.78 is 4.47. The van der Waals surface area contributed by atoms with Gasteiger partial charge in [0.15, 0.2) is 0 Å². The molecule has 0 rings (SSSR count). The van der Waals surface area contributed by atoms with E-state index >= 15 is 0 Å². The molecular formula is C11H19N3O4. The van der Waals surface area contributed by atoms with Gasteiger partial charge in [-0.1, -0.05) is 20.4 Å². The van der Waals surface area contributed by atoms with Crippen molar-refractivity contribution >= 4 is 17.9 Å². The van der Waals surface area contributed by atoms with Gasteiger partial charge in [0.2, 0.25) is 11.8 Å². The Bertz CT molecular complexity index is 341. The Morgan fingerprint density at radius 2 is 1.78 bits per heavy atom. The van der Waals surface area contributed by atoms with Gasteiger partial charge in [0.05, 0.1) is 6.26 Å². The van der Waals surface area contributed by atoms with Crippen LogP contribution in [0.1, 0.15) is 20.8 Å². The van der Waals surface area contributed by atoms with Gasteiger partial charge in [0, 0.05) is 0 Å². The first-order valence-corrected chi connectivity index (χ1v) is 5.47. The number of ether oxygens (including phenoxy) is 1. The van der Waals surface area contributed by atoms with E-state index in [-0.39, 0.29) is 5.92 Å². The number of amides is 3. The summed E-state index contributed by atoms with van der Waals surface area (Å²) in [6.45, 7) is 8.17. The molecule has 18 heavy (non-hydrogen) atoms. The lowest BCUT2D eigenvalue weighted by molar-refractivity contribution is -0.128. The van der Waals surface area contributed by atoms with Crippen molar-refractivity contribution in [3.63, 3.8) is 0 Å². The maximum Gasteiger partial charge on any atom is 0.412 e. The lowest BCUT2D eigenvalue weighted by Gasteiger charge is -2.22. The van der Waals surface area contributed by atoms with Gasteiger partial charge in [0.25, 0.3) is 0 Å². The molecule has 0 saturated carbocycles. The summed E-state index contributed by atoms with van der Waals surface area (Å²) in [6, 6.07) is -1.63. The molecule has 0 spiro atoms. The number of hydrogen-bond donors (Lipinski definition) is 3. The molecule has 0 saturated heterocycles. The van der Waals surface area contributed by atoms with E-state index in [2.05, 4.69) is 21.9 Å². The van der Waals surface area contributed by atoms with Crippen LogP contribution in [0.4, 0.5) is 4.79 Å². The summed E-state index contributed by atoms with van der Waals surface area (Å²) >= 11 is 0. The Morgan fingerprint density at radius 1 is 1.22 bits per heavy atom. The van der Waals surface area contributed by atoms with Gasteiger partial charge in [-0.2, -0.15) is 0 Å². The lowest BCUT2D eigenvalue weighted by atomic mass is 10.0. The standard InChI is InChI=1S/C11H19N3O4/c1-5-18-11(17)14-8(6(2)3)10(16)13-7(4)9(12)15/h5-8H,1H2,2-4H3,(H2,12,15)(H,13,16)(H,14,17)/t7-,8-/m0/s1. The second-order valence-electron chi connectivity index (χ2n) is 4.07. The van der Waals surface area contributed by atoms with E-state index in [1.165, 1.54) is 6.92 Å². The van der Waals surface area contributed by atoms with Crippen molar-refractivity contribution in [2.45, 2.75) is 32.9 Å². The van der Waals surface area contributed by atoms with Crippen LogP contribution in [0.25, 0.3) is 0 Å². The summed E-state index contributed by atoms with van der Waals surface area (Å²) in [7, 11) is 0. The third-order valence-electron chi connectivity index (χ3n) is 2.20. The maximum absolute atomic E-state index is 11.8. The van der Waals surface area contributed by atoms with E-state index in [0.29, 0.717) is 0 Å². The van der Waals surface area contributed by atoms with Crippen LogP contribution in [0.2, 0.25) is 0 Å². The molecule has 3 amide bonds. The van der Waals surface area contributed by atoms with Gasteiger partial charge >= 0.3 is 6.09 Å². The molecule has 0 heterocycles. The van der Waals surface area contributed by atoms with E-state index in [0.717, 1.165) is 6.26 Å². The highest BCUT2D eigenvalue weighted by atomic mass is 16.5. The van der Waals surface area contributed by atoms with E-state index in [1.807, 2.05) is 0 Å². The molecule has 2 atom stereocenters. The summed E-state index contributed by atoms with van der Waals surface area (Å²) in [5.74, 6) is -1.33. The van der Waals surface area contributed by atoms with Crippen LogP contribution in [0.5, 0.6) is 0 Å². The molecule has 0 aromatic rings. The molecule has 0 bridgehead atoms. The van der Waals surface area contributed by atoms with Crippen molar-refractivity contribution in [1.29, 1.82) is 0 Å². The van der Waals surface area contributed by atoms with Crippen LogP contribution in [0, 0.1) is 5.92 Å². The van der Waals surface area contributed by atoms with Gasteiger partial charge in [-0.25, -0.2) is 4.79 Å². The van der Waals surface area contributed by atoms with E-state index in [4.69, 9.17) is 5.73 Å². The average Bonchev–Trinajstić information content (AvgIpc) is 2.25. The molecule has 0 aromatic carbocycles. The van der Waals surface area contributed by atoms with Crippen LogP contribution in [-0.4, -0.2) is 30.0 Å². The average molecular weight is 257 g/mol. The van der Waals surface area contributed by atoms with Crippen molar-refractivity contribution in [2.24, 2.45) is 11.7 Å². The minimum atomic E-state index is -0.820. The van der Waals surface area contributed by atoms with Gasteiger partial charge < -0.3 is 21.1 Å². The number of nitrogens with two attached hydrogens (primary N) is 1. The van der Waals surface area contributed by atoms with Crippen molar-refractivity contribution in [3.8, 4) is 0 Å². The molecule has 0 aromatic heterocycles. The van der Waals surface area contributed by atoms with Crippen LogP contribution in [0.3, 0.4) is 0 Å². The van der Waals surface area contributed by atoms with Gasteiger partial charge in [0.1, 0.15) is 12.1 Å². The summed E-state index contributed by atoms with van der Waals surface area (Å²) in [4.78, 5) is 33.9. The number of primary amides is 1. The molecule has 0 aliphatic rings. The Kier molecular flexibility index (Phi) is 6.48. The normalized spacial score (nSPS) is 13.3. The zero-order chi connectivity index (χ0) is 14.3. The number of alkyl carbamates (subject to hydrolysis) is 1. The van der Waals surface area contributed by atoms with Gasteiger partial charge in [-0.05, 0) is 12.8 Å². The monoisotopic (exact) mass is 257 g/mol. The smallest absolute Gasteiger partial charge is 0.412 e. The topological polar surface area (TPSA) is 111 Å². The predicted octanol–water partition coefficient (Wildman–Crippen LogP) is -0.129. The minimum Gasteiger partial charge on any atom is -0.419 e. The van der Waals surface area contributed by atoms with Crippen molar-refractivity contribution in [3.05, 3.63) is 12.8 Å². The first-order chi connectivity index (χ1) is 8.29. The summed E-state index contributed by atoms with van der Waals surface area (Å²) in [6.07, 6.45) is 0.169. The lowest BCUT2D eigenvalue weighted by Crippen LogP contribution is -2.53. The number of carbonyl (C=O) groups is 3. The largest absolute Gasteiger partial charge is 0.419 e. The fourth-order valence-electron chi connectivity index (χ4n) is 1.15. The number of nitrogens with one attached hydrogen (secondary N) is 2. The molecule has 0 fully saturated rings. The molecule has 0 aliphatic carbocycles. The molecular weight excluding hydrogens is 238 g/mol. The fourth-order valence-corrected chi connectivity index (χ4v) is 1.15. The predicted molar refractivity (Wildman–Crippen MR) is 65.2 cm³/mol. The SMILES string of the molecule is C=COC(=O)N[C@H](C(=O)N[C@@H](C)C(N)=O)C(C)C. The second kappa shape index (κ2) is 7.31. The van der Waals surface area contributed by atoms with Crippen molar-refractivity contribution < 1.29 is 19.1 Å². The van der Waals surface area contributed by atoms with Crippen molar-refractivity contribution in [1.82, 2.24) is 10.6 Å². The minimum absolute atomic E-state index is 0.178. The molecule has 0 unspecified atom stereocenters. The number of carbonyl (C=O) groups excluding carboxylic acids is 3. The molecule has 4 N–H and O–H groups in total. The first kappa shape index (κ1) is 16.0. The maximum atomic E-state index is 11.8. The highest BCUT2D eigenvalue weighted by Gasteiger charge is 2.26. The molecule has 7 heteroatoms. The van der Waals surface area contributed by atoms with Crippen LogP contribution < -0.4 is 16.4 Å². The van der Waals surface area contributed by atoms with Crippen molar-refractivity contribution in [2.75, 3.05) is 0 Å². The fraction of sp³-hybridized carbons (Fsp3) is 0.545. The summed E-state index contributed by atoms with van der Waals surface area (Å²) in [5, 5.41) is 4.76. The molecule has 0 aliphatic heterocycles. The Balaban J connectivity index is 4.59. The highest BCUT2D eigenvalue weighted by Crippen LogP contribution is 2.03. The zero-order valence-corrected chi connectivity index (χ0v) is 10.7. The molecule has 7 nitrogen and oxygen atoms in total. The van der Waals surface area contributed by atoms with E-state index < -0.39 is 30.0 Å². The van der Waals surface area contributed by atoms with Gasteiger partial charge in [-0.15, -0.1) is 0 Å². The number of rotatable bonds is 6. The number of hydrogen-bond acceptors (Lipinski definition) is 4. The van der Waals surface area contributed by atoms with E-state index in [1.54, 1.807) is 13.8 Å². The summed E-state index contributed by atoms with van der Waals surface area (Å²) in [5.41, 5.74) is 5.03. The van der Waals surface area contributed by atoms with E-state index in [9.17, 15) is 14.4 Å². The Hall–Kier alpha value is -2.05.